The molecule has 0 spiro atoms. The van der Waals surface area contributed by atoms with Crippen molar-refractivity contribution < 1.29 is 18.0 Å². The summed E-state index contributed by atoms with van der Waals surface area (Å²) in [7, 11) is 0. The summed E-state index contributed by atoms with van der Waals surface area (Å²) in [6.45, 7) is 0. The van der Waals surface area contributed by atoms with Gasteiger partial charge in [-0.05, 0) is 0 Å². The highest BCUT2D eigenvalue weighted by Gasteiger charge is 2.28. The first-order valence-electron chi connectivity index (χ1n) is 3.79. The SMILES string of the molecule is Nc1[nH]ncc1C(=O)CCC(F)(F)F. The maximum absolute atomic E-state index is 11.8. The van der Waals surface area contributed by atoms with Gasteiger partial charge in [0, 0.05) is 6.42 Å². The van der Waals surface area contributed by atoms with E-state index in [9.17, 15) is 18.0 Å². The topological polar surface area (TPSA) is 71.8 Å². The van der Waals surface area contributed by atoms with Gasteiger partial charge in [-0.1, -0.05) is 0 Å². The molecule has 3 N–H and O–H groups in total. The predicted molar refractivity (Wildman–Crippen MR) is 42.6 cm³/mol. The summed E-state index contributed by atoms with van der Waals surface area (Å²) < 4.78 is 35.3. The molecule has 78 valence electrons. The molecule has 0 radical (unpaired) electrons. The van der Waals surface area contributed by atoms with E-state index in [0.29, 0.717) is 0 Å². The van der Waals surface area contributed by atoms with E-state index in [4.69, 9.17) is 5.73 Å². The van der Waals surface area contributed by atoms with Crippen molar-refractivity contribution in [1.82, 2.24) is 10.2 Å². The Labute approximate surface area is 77.3 Å². The molecule has 0 aromatic carbocycles. The van der Waals surface area contributed by atoms with E-state index in [2.05, 4.69) is 10.2 Å². The second-order valence-corrected chi connectivity index (χ2v) is 2.74. The number of carbonyl (C=O) groups is 1. The van der Waals surface area contributed by atoms with Crippen LogP contribution in [0.25, 0.3) is 0 Å². The Morgan fingerprint density at radius 2 is 2.21 bits per heavy atom. The molecule has 4 nitrogen and oxygen atoms in total. The minimum Gasteiger partial charge on any atom is -0.383 e. The van der Waals surface area contributed by atoms with Gasteiger partial charge >= 0.3 is 6.18 Å². The lowest BCUT2D eigenvalue weighted by Crippen LogP contribution is -2.11. The van der Waals surface area contributed by atoms with Gasteiger partial charge in [0.15, 0.2) is 5.78 Å². The molecular weight excluding hydrogens is 199 g/mol. The molecule has 1 heterocycles. The number of H-pyrrole nitrogens is 1. The lowest BCUT2D eigenvalue weighted by molar-refractivity contribution is -0.133. The Morgan fingerprint density at radius 3 is 2.64 bits per heavy atom. The lowest BCUT2D eigenvalue weighted by Gasteiger charge is -2.04. The number of hydrogen-bond acceptors (Lipinski definition) is 3. The zero-order chi connectivity index (χ0) is 10.8. The highest BCUT2D eigenvalue weighted by Crippen LogP contribution is 2.23. The number of Topliss-reactive ketones (excluding diaryl/α,β-unsaturated/α-hetero) is 1. The number of alkyl halides is 3. The largest absolute Gasteiger partial charge is 0.389 e. The van der Waals surface area contributed by atoms with Crippen LogP contribution in [0.4, 0.5) is 19.0 Å². The second-order valence-electron chi connectivity index (χ2n) is 2.74. The average molecular weight is 207 g/mol. The van der Waals surface area contributed by atoms with Gasteiger partial charge in [-0.2, -0.15) is 18.3 Å². The van der Waals surface area contributed by atoms with E-state index in [1.54, 1.807) is 0 Å². The van der Waals surface area contributed by atoms with Gasteiger partial charge in [0.25, 0.3) is 0 Å². The van der Waals surface area contributed by atoms with Crippen LogP contribution < -0.4 is 5.73 Å². The van der Waals surface area contributed by atoms with Gasteiger partial charge < -0.3 is 5.73 Å². The van der Waals surface area contributed by atoms with Crippen molar-refractivity contribution >= 4 is 11.6 Å². The summed E-state index contributed by atoms with van der Waals surface area (Å²) in [5.74, 6) is -0.661. The Kier molecular flexibility index (Phi) is 2.78. The summed E-state index contributed by atoms with van der Waals surface area (Å²) in [6, 6.07) is 0. The predicted octanol–water partition coefficient (Wildman–Crippen LogP) is 1.52. The van der Waals surface area contributed by atoms with Crippen LogP contribution >= 0.6 is 0 Å². The number of rotatable bonds is 3. The normalized spacial score (nSPS) is 11.6. The molecule has 0 aliphatic rings. The molecular formula is C7H8F3N3O. The summed E-state index contributed by atoms with van der Waals surface area (Å²) in [5, 5.41) is 5.71. The molecule has 0 bridgehead atoms. The Bertz CT molecular complexity index is 331. The summed E-state index contributed by atoms with van der Waals surface area (Å²) in [4.78, 5) is 11.1. The Balaban J connectivity index is 2.56. The van der Waals surface area contributed by atoms with E-state index in [0.717, 1.165) is 6.20 Å². The first-order valence-corrected chi connectivity index (χ1v) is 3.79. The van der Waals surface area contributed by atoms with Gasteiger partial charge in [-0.15, -0.1) is 0 Å². The van der Waals surface area contributed by atoms with Crippen LogP contribution in [-0.2, 0) is 0 Å². The van der Waals surface area contributed by atoms with Crippen molar-refractivity contribution in [1.29, 1.82) is 0 Å². The number of halogens is 3. The highest BCUT2D eigenvalue weighted by atomic mass is 19.4. The smallest absolute Gasteiger partial charge is 0.383 e. The molecule has 0 aliphatic carbocycles. The van der Waals surface area contributed by atoms with Gasteiger partial charge in [-0.25, -0.2) is 0 Å². The van der Waals surface area contributed by atoms with Crippen LogP contribution in [0.5, 0.6) is 0 Å². The first kappa shape index (κ1) is 10.6. The van der Waals surface area contributed by atoms with Crippen LogP contribution in [-0.4, -0.2) is 22.2 Å². The van der Waals surface area contributed by atoms with Crippen LogP contribution in [0.2, 0.25) is 0 Å². The van der Waals surface area contributed by atoms with Crippen LogP contribution in [0.1, 0.15) is 23.2 Å². The van der Waals surface area contributed by atoms with Crippen molar-refractivity contribution in [3.63, 3.8) is 0 Å². The maximum atomic E-state index is 11.8. The van der Waals surface area contributed by atoms with E-state index >= 15 is 0 Å². The number of hydrogen-bond donors (Lipinski definition) is 2. The van der Waals surface area contributed by atoms with Crippen molar-refractivity contribution in [2.24, 2.45) is 0 Å². The number of aromatic nitrogens is 2. The van der Waals surface area contributed by atoms with E-state index in [1.807, 2.05) is 0 Å². The second kappa shape index (κ2) is 3.69. The number of anilines is 1. The van der Waals surface area contributed by atoms with Crippen LogP contribution in [0, 0.1) is 0 Å². The van der Waals surface area contributed by atoms with Gasteiger partial charge in [0.05, 0.1) is 18.2 Å². The molecule has 0 unspecified atom stereocenters. The maximum Gasteiger partial charge on any atom is 0.389 e. The van der Waals surface area contributed by atoms with Crippen LogP contribution in [0.15, 0.2) is 6.20 Å². The Morgan fingerprint density at radius 1 is 1.57 bits per heavy atom. The lowest BCUT2D eigenvalue weighted by atomic mass is 10.1. The van der Waals surface area contributed by atoms with Crippen molar-refractivity contribution in [2.75, 3.05) is 5.73 Å². The van der Waals surface area contributed by atoms with Gasteiger partial charge in [-0.3, -0.25) is 9.89 Å². The summed E-state index contributed by atoms with van der Waals surface area (Å²) >= 11 is 0. The molecule has 7 heteroatoms. The molecule has 0 fully saturated rings. The van der Waals surface area contributed by atoms with Crippen LogP contribution in [0.3, 0.4) is 0 Å². The number of nitrogens with zero attached hydrogens (tertiary/aromatic N) is 1. The fraction of sp³-hybridized carbons (Fsp3) is 0.429. The zero-order valence-electron chi connectivity index (χ0n) is 7.06. The van der Waals surface area contributed by atoms with E-state index in [-0.39, 0.29) is 11.4 Å². The van der Waals surface area contributed by atoms with Crippen molar-refractivity contribution in [3.05, 3.63) is 11.8 Å². The molecule has 0 amide bonds. The molecule has 1 aromatic heterocycles. The molecule has 0 saturated heterocycles. The number of aromatic amines is 1. The van der Waals surface area contributed by atoms with Gasteiger partial charge in [0.2, 0.25) is 0 Å². The van der Waals surface area contributed by atoms with Gasteiger partial charge in [0.1, 0.15) is 5.82 Å². The highest BCUT2D eigenvalue weighted by molar-refractivity contribution is 5.99. The molecule has 0 aliphatic heterocycles. The fourth-order valence-electron chi connectivity index (χ4n) is 0.908. The molecule has 0 saturated carbocycles. The van der Waals surface area contributed by atoms with E-state index in [1.165, 1.54) is 0 Å². The summed E-state index contributed by atoms with van der Waals surface area (Å²) in [5.41, 5.74) is 5.27. The van der Waals surface area contributed by atoms with Crippen molar-refractivity contribution in [2.45, 2.75) is 19.0 Å². The molecule has 14 heavy (non-hydrogen) atoms. The molecule has 1 aromatic rings. The Hall–Kier alpha value is -1.53. The molecule has 0 atom stereocenters. The molecule has 1 rings (SSSR count). The number of carbonyl (C=O) groups excluding carboxylic acids is 1. The monoisotopic (exact) mass is 207 g/mol. The minimum absolute atomic E-state index is 0.00262. The number of nitrogen functional groups attached to an aromatic ring is 1. The quantitative estimate of drug-likeness (QED) is 0.738. The fourth-order valence-corrected chi connectivity index (χ4v) is 0.908. The van der Waals surface area contributed by atoms with E-state index < -0.39 is 24.8 Å². The standard InChI is InChI=1S/C7H8F3N3O/c8-7(9,10)2-1-5(14)4-3-12-13-6(4)11/h3H,1-2H2,(H3,11,12,13). The number of ketones is 1. The number of nitrogens with one attached hydrogen (secondary N) is 1. The third-order valence-corrected chi connectivity index (χ3v) is 1.60. The average Bonchev–Trinajstić information content (AvgIpc) is 2.46. The minimum atomic E-state index is -4.33. The first-order chi connectivity index (χ1) is 6.40. The number of nitrogens with two attached hydrogens (primary N) is 1. The zero-order valence-corrected chi connectivity index (χ0v) is 7.06. The third kappa shape index (κ3) is 2.75. The van der Waals surface area contributed by atoms with Crippen molar-refractivity contribution in [3.8, 4) is 0 Å². The summed E-state index contributed by atoms with van der Waals surface area (Å²) in [6.07, 6.45) is -4.95. The third-order valence-electron chi connectivity index (χ3n) is 1.60.